The van der Waals surface area contributed by atoms with Crippen LogP contribution in [0.4, 0.5) is 5.13 Å². The van der Waals surface area contributed by atoms with E-state index in [0.717, 1.165) is 16.1 Å². The number of aryl methyl sites for hydroxylation is 2. The number of sulfonamides is 1. The molecule has 5 nitrogen and oxygen atoms in total. The van der Waals surface area contributed by atoms with Crippen molar-refractivity contribution >= 4 is 37.8 Å². The highest BCUT2D eigenvalue weighted by Gasteiger charge is 2.19. The predicted octanol–water partition coefficient (Wildman–Crippen LogP) is 2.08. The zero-order valence-corrected chi connectivity index (χ0v) is 12.4. The molecule has 2 heterocycles. The maximum Gasteiger partial charge on any atom is 0.273 e. The fourth-order valence-electron chi connectivity index (χ4n) is 1.39. The molecule has 0 spiro atoms. The van der Waals surface area contributed by atoms with Gasteiger partial charge in [-0.15, -0.1) is 22.7 Å². The minimum Gasteiger partial charge on any atom is -0.326 e. The van der Waals surface area contributed by atoms with Crippen LogP contribution in [-0.4, -0.2) is 13.4 Å². The molecule has 2 rings (SSSR count). The van der Waals surface area contributed by atoms with Gasteiger partial charge in [0.1, 0.15) is 4.21 Å². The van der Waals surface area contributed by atoms with Crippen LogP contribution < -0.4 is 10.5 Å². The molecule has 0 aliphatic heterocycles. The fourth-order valence-corrected chi connectivity index (χ4v) is 4.80. The Balaban J connectivity index is 2.30. The first kappa shape index (κ1) is 13.5. The molecule has 2 aromatic heterocycles. The van der Waals surface area contributed by atoms with Crippen molar-refractivity contribution in [2.75, 3.05) is 4.72 Å². The molecule has 98 valence electrons. The molecule has 8 heteroatoms. The van der Waals surface area contributed by atoms with Crippen LogP contribution in [0.15, 0.2) is 15.7 Å². The maximum absolute atomic E-state index is 12.1. The average Bonchev–Trinajstić information content (AvgIpc) is 2.84. The topological polar surface area (TPSA) is 85.1 Å². The highest BCUT2D eigenvalue weighted by Crippen LogP contribution is 2.28. The number of nitrogens with zero attached hydrogens (tertiary/aromatic N) is 1. The summed E-state index contributed by atoms with van der Waals surface area (Å²) in [5.74, 6) is 0. The second kappa shape index (κ2) is 4.96. The van der Waals surface area contributed by atoms with E-state index in [1.807, 2.05) is 13.8 Å². The zero-order chi connectivity index (χ0) is 13.3. The summed E-state index contributed by atoms with van der Waals surface area (Å²) in [5.41, 5.74) is 7.24. The second-order valence-electron chi connectivity index (χ2n) is 3.78. The van der Waals surface area contributed by atoms with Gasteiger partial charge in [0.15, 0.2) is 5.13 Å². The Morgan fingerprint density at radius 1 is 1.44 bits per heavy atom. The normalized spacial score (nSPS) is 11.7. The van der Waals surface area contributed by atoms with Crippen LogP contribution >= 0.6 is 22.7 Å². The molecule has 0 unspecified atom stereocenters. The van der Waals surface area contributed by atoms with Gasteiger partial charge in [-0.3, -0.25) is 4.72 Å². The van der Waals surface area contributed by atoms with E-state index < -0.39 is 10.0 Å². The Morgan fingerprint density at radius 2 is 2.17 bits per heavy atom. The number of thiazole rings is 1. The number of anilines is 1. The number of hydrogen-bond acceptors (Lipinski definition) is 6. The molecule has 0 aliphatic rings. The molecule has 0 atom stereocenters. The van der Waals surface area contributed by atoms with Crippen LogP contribution in [0.5, 0.6) is 0 Å². The summed E-state index contributed by atoms with van der Waals surface area (Å²) in [5, 5.41) is 2.18. The van der Waals surface area contributed by atoms with Crippen LogP contribution in [0.1, 0.15) is 16.1 Å². The van der Waals surface area contributed by atoms with Gasteiger partial charge in [0, 0.05) is 16.8 Å². The third-order valence-electron chi connectivity index (χ3n) is 2.29. The van der Waals surface area contributed by atoms with Gasteiger partial charge in [0.05, 0.1) is 5.69 Å². The first-order chi connectivity index (χ1) is 8.42. The van der Waals surface area contributed by atoms with Crippen LogP contribution in [0.25, 0.3) is 0 Å². The van der Waals surface area contributed by atoms with Crippen molar-refractivity contribution < 1.29 is 8.42 Å². The van der Waals surface area contributed by atoms with Gasteiger partial charge in [-0.1, -0.05) is 0 Å². The molecular weight excluding hydrogens is 290 g/mol. The number of thiophene rings is 1. The van der Waals surface area contributed by atoms with Gasteiger partial charge in [-0.25, -0.2) is 13.4 Å². The van der Waals surface area contributed by atoms with Crippen molar-refractivity contribution in [1.82, 2.24) is 4.98 Å². The quantitative estimate of drug-likeness (QED) is 0.905. The van der Waals surface area contributed by atoms with Gasteiger partial charge < -0.3 is 5.73 Å². The Bertz CT molecular complexity index is 658. The van der Waals surface area contributed by atoms with Gasteiger partial charge >= 0.3 is 0 Å². The second-order valence-corrected chi connectivity index (χ2v) is 7.68. The number of hydrogen-bond donors (Lipinski definition) is 2. The maximum atomic E-state index is 12.1. The summed E-state index contributed by atoms with van der Waals surface area (Å²) in [7, 11) is -3.55. The lowest BCUT2D eigenvalue weighted by Gasteiger charge is -2.01. The molecule has 0 saturated carbocycles. The van der Waals surface area contributed by atoms with E-state index in [9.17, 15) is 8.42 Å². The van der Waals surface area contributed by atoms with E-state index in [2.05, 4.69) is 9.71 Å². The molecular formula is C10H13N3O2S3. The summed E-state index contributed by atoms with van der Waals surface area (Å²) in [6.07, 6.45) is 0. The number of aromatic nitrogens is 1. The largest absolute Gasteiger partial charge is 0.326 e. The molecule has 0 radical (unpaired) electrons. The van der Waals surface area contributed by atoms with Crippen LogP contribution in [-0.2, 0) is 16.6 Å². The highest BCUT2D eigenvalue weighted by atomic mass is 32.2. The minimum absolute atomic E-state index is 0.272. The molecule has 2 aromatic rings. The fraction of sp³-hybridized carbons (Fsp3) is 0.300. The van der Waals surface area contributed by atoms with Crippen molar-refractivity contribution in [2.24, 2.45) is 5.73 Å². The number of nitrogens with two attached hydrogens (primary N) is 1. The third kappa shape index (κ3) is 2.72. The number of nitrogens with one attached hydrogen (secondary N) is 1. The predicted molar refractivity (Wildman–Crippen MR) is 74.6 cm³/mol. The molecule has 3 N–H and O–H groups in total. The first-order valence-corrected chi connectivity index (χ1v) is 8.34. The zero-order valence-electron chi connectivity index (χ0n) is 9.93. The SMILES string of the molecule is Cc1csc(NS(=O)(=O)c2cc(C)c(CN)s2)n1. The van der Waals surface area contributed by atoms with E-state index in [1.165, 1.54) is 22.7 Å². The average molecular weight is 303 g/mol. The van der Waals surface area contributed by atoms with E-state index in [-0.39, 0.29) is 4.21 Å². The van der Waals surface area contributed by atoms with Crippen LogP contribution in [0, 0.1) is 13.8 Å². The van der Waals surface area contributed by atoms with Crippen LogP contribution in [0.3, 0.4) is 0 Å². The van der Waals surface area contributed by atoms with E-state index in [1.54, 1.807) is 11.4 Å². The van der Waals surface area contributed by atoms with Crippen molar-refractivity contribution in [3.05, 3.63) is 27.6 Å². The monoisotopic (exact) mass is 303 g/mol. The van der Waals surface area contributed by atoms with Gasteiger partial charge in [-0.2, -0.15) is 0 Å². The Kier molecular flexibility index (Phi) is 3.71. The van der Waals surface area contributed by atoms with E-state index in [0.29, 0.717) is 11.7 Å². The molecule has 0 amide bonds. The van der Waals surface area contributed by atoms with Gasteiger partial charge in [0.25, 0.3) is 10.0 Å². The molecule has 0 fully saturated rings. The Labute approximate surface area is 114 Å². The van der Waals surface area contributed by atoms with E-state index in [4.69, 9.17) is 5.73 Å². The lowest BCUT2D eigenvalue weighted by molar-refractivity contribution is 0.603. The number of rotatable bonds is 4. The van der Waals surface area contributed by atoms with Crippen LogP contribution in [0.2, 0.25) is 0 Å². The summed E-state index contributed by atoms with van der Waals surface area (Å²) in [6.45, 7) is 4.02. The standard InChI is InChI=1S/C10H13N3O2S3/c1-6-3-9(17-8(6)4-11)18(14,15)13-10-12-7(2)5-16-10/h3,5H,4,11H2,1-2H3,(H,12,13). The van der Waals surface area contributed by atoms with Crippen molar-refractivity contribution in [3.8, 4) is 0 Å². The summed E-state index contributed by atoms with van der Waals surface area (Å²) < 4.78 is 27.0. The molecule has 18 heavy (non-hydrogen) atoms. The minimum atomic E-state index is -3.55. The van der Waals surface area contributed by atoms with Gasteiger partial charge in [-0.05, 0) is 25.5 Å². The van der Waals surface area contributed by atoms with Crippen molar-refractivity contribution in [3.63, 3.8) is 0 Å². The lowest BCUT2D eigenvalue weighted by Crippen LogP contribution is -2.11. The molecule has 0 saturated heterocycles. The summed E-state index contributed by atoms with van der Waals surface area (Å²) in [6, 6.07) is 1.63. The Morgan fingerprint density at radius 3 is 2.67 bits per heavy atom. The molecule has 0 aromatic carbocycles. The molecule has 0 bridgehead atoms. The first-order valence-electron chi connectivity index (χ1n) is 5.16. The van der Waals surface area contributed by atoms with E-state index >= 15 is 0 Å². The summed E-state index contributed by atoms with van der Waals surface area (Å²) >= 11 is 2.46. The smallest absolute Gasteiger partial charge is 0.273 e. The third-order valence-corrected chi connectivity index (χ3v) is 6.37. The molecule has 0 aliphatic carbocycles. The lowest BCUT2D eigenvalue weighted by atomic mass is 10.3. The highest BCUT2D eigenvalue weighted by molar-refractivity contribution is 7.94. The summed E-state index contributed by atoms with van der Waals surface area (Å²) in [4.78, 5) is 4.96. The van der Waals surface area contributed by atoms with Crippen molar-refractivity contribution in [2.45, 2.75) is 24.6 Å². The Hall–Kier alpha value is -0.960. The van der Waals surface area contributed by atoms with Gasteiger partial charge in [0.2, 0.25) is 0 Å². The van der Waals surface area contributed by atoms with Crippen molar-refractivity contribution in [1.29, 1.82) is 0 Å².